The lowest BCUT2D eigenvalue weighted by molar-refractivity contribution is -0.0399. The fourth-order valence-corrected chi connectivity index (χ4v) is 12.6. The van der Waals surface area contributed by atoms with Crippen molar-refractivity contribution in [2.75, 3.05) is 0 Å². The number of nitriles is 1. The van der Waals surface area contributed by atoms with E-state index >= 15 is 0 Å². The van der Waals surface area contributed by atoms with Gasteiger partial charge in [-0.15, -0.1) is 0 Å². The summed E-state index contributed by atoms with van der Waals surface area (Å²) in [7, 11) is 0. The Morgan fingerprint density at radius 3 is 2.02 bits per heavy atom. The van der Waals surface area contributed by atoms with E-state index in [1.807, 2.05) is 54.6 Å². The van der Waals surface area contributed by atoms with E-state index in [4.69, 9.17) is 15.0 Å². The van der Waals surface area contributed by atoms with Gasteiger partial charge < -0.3 is 0 Å². The maximum Gasteiger partial charge on any atom is 0.238 e. The zero-order valence-electron chi connectivity index (χ0n) is 32.5. The first-order valence-corrected chi connectivity index (χ1v) is 21.2. The quantitative estimate of drug-likeness (QED) is 0.179. The van der Waals surface area contributed by atoms with E-state index in [0.717, 1.165) is 51.2 Å². The van der Waals surface area contributed by atoms with Gasteiger partial charge >= 0.3 is 0 Å². The Balaban J connectivity index is 1.04. The van der Waals surface area contributed by atoms with Crippen molar-refractivity contribution < 1.29 is 0 Å². The highest BCUT2D eigenvalue weighted by Crippen LogP contribution is 2.69. The van der Waals surface area contributed by atoms with Crippen LogP contribution in [0, 0.1) is 35.0 Å². The van der Waals surface area contributed by atoms with Crippen LogP contribution in [0.15, 0.2) is 152 Å². The van der Waals surface area contributed by atoms with Crippen LogP contribution in [0.25, 0.3) is 83.6 Å². The van der Waals surface area contributed by atoms with Gasteiger partial charge in [-0.1, -0.05) is 115 Å². The Morgan fingerprint density at radius 1 is 0.508 bits per heavy atom. The van der Waals surface area contributed by atoms with E-state index in [2.05, 4.69) is 108 Å². The molecule has 5 heteroatoms. The highest BCUT2D eigenvalue weighted by Gasteiger charge is 2.61. The van der Waals surface area contributed by atoms with Gasteiger partial charge in [0, 0.05) is 27.3 Å². The Morgan fingerprint density at radius 2 is 1.19 bits per heavy atom. The lowest BCUT2D eigenvalue weighted by Crippen LogP contribution is -2.55. The van der Waals surface area contributed by atoms with E-state index in [1.165, 1.54) is 70.5 Å². The van der Waals surface area contributed by atoms with Gasteiger partial charge in [-0.05, 0) is 136 Å². The summed E-state index contributed by atoms with van der Waals surface area (Å²) in [6.07, 6.45) is 6.94. The SMILES string of the molecule is N#Cc1cccc(-c2nc(-c3ccccc3)nc(-n3c4ccc(-c5ccc6c(c5)C5(c7ccccc7-6)C6CC7CC(C6)CC5C7)cc4c4c5ccccc5ccc43)n2)c1. The number of rotatable bonds is 4. The molecule has 7 aromatic carbocycles. The molecular weight excluding hydrogens is 719 g/mol. The number of fused-ring (bicyclic) bond motifs is 8. The third-order valence-electron chi connectivity index (χ3n) is 14.6. The molecule has 0 amide bonds. The minimum Gasteiger partial charge on any atom is -0.278 e. The minimum absolute atomic E-state index is 0.116. The molecule has 0 unspecified atom stereocenters. The van der Waals surface area contributed by atoms with Crippen molar-refractivity contribution in [2.45, 2.75) is 37.5 Å². The molecule has 2 aromatic heterocycles. The molecule has 14 rings (SSSR count). The van der Waals surface area contributed by atoms with Crippen molar-refractivity contribution in [3.05, 3.63) is 168 Å². The van der Waals surface area contributed by atoms with Gasteiger partial charge in [-0.2, -0.15) is 15.2 Å². The zero-order chi connectivity index (χ0) is 38.8. The van der Waals surface area contributed by atoms with Crippen LogP contribution >= 0.6 is 0 Å². The molecule has 5 aliphatic rings. The summed E-state index contributed by atoms with van der Waals surface area (Å²) < 4.78 is 2.20. The van der Waals surface area contributed by atoms with Crippen LogP contribution in [0.3, 0.4) is 0 Å². The van der Waals surface area contributed by atoms with E-state index in [9.17, 15) is 5.26 Å². The Labute approximate surface area is 342 Å². The monoisotopic (exact) mass is 757 g/mol. The molecule has 0 radical (unpaired) electrons. The normalized spacial score (nSPS) is 22.3. The maximum atomic E-state index is 9.77. The number of nitrogens with zero attached hydrogens (tertiary/aromatic N) is 5. The molecule has 0 aliphatic heterocycles. The first-order chi connectivity index (χ1) is 29.1. The van der Waals surface area contributed by atoms with Gasteiger partial charge in [0.25, 0.3) is 0 Å². The van der Waals surface area contributed by atoms with Gasteiger partial charge in [0.1, 0.15) is 0 Å². The fraction of sp³-hybridized carbons (Fsp3) is 0.185. The van der Waals surface area contributed by atoms with Crippen LogP contribution in [-0.4, -0.2) is 19.5 Å². The average Bonchev–Trinajstić information content (AvgIpc) is 3.78. The van der Waals surface area contributed by atoms with Gasteiger partial charge in [0.15, 0.2) is 11.6 Å². The summed E-state index contributed by atoms with van der Waals surface area (Å²) in [4.78, 5) is 15.4. The highest BCUT2D eigenvalue weighted by atomic mass is 15.2. The van der Waals surface area contributed by atoms with Crippen molar-refractivity contribution in [3.8, 4) is 57.0 Å². The molecule has 5 aliphatic carbocycles. The summed E-state index contributed by atoms with van der Waals surface area (Å²) in [6.45, 7) is 0. The van der Waals surface area contributed by atoms with Crippen LogP contribution in [0.2, 0.25) is 0 Å². The van der Waals surface area contributed by atoms with Crippen LogP contribution < -0.4 is 0 Å². The maximum absolute atomic E-state index is 9.77. The number of aromatic nitrogens is 4. The van der Waals surface area contributed by atoms with E-state index in [0.29, 0.717) is 23.2 Å². The van der Waals surface area contributed by atoms with E-state index in [-0.39, 0.29) is 5.41 Å². The highest BCUT2D eigenvalue weighted by molar-refractivity contribution is 6.21. The zero-order valence-corrected chi connectivity index (χ0v) is 32.5. The van der Waals surface area contributed by atoms with Crippen molar-refractivity contribution in [1.82, 2.24) is 19.5 Å². The summed E-state index contributed by atoms with van der Waals surface area (Å²) in [5.74, 6) is 4.90. The molecule has 280 valence electrons. The number of benzene rings is 7. The fourth-order valence-electron chi connectivity index (χ4n) is 12.6. The van der Waals surface area contributed by atoms with Gasteiger partial charge in [0.2, 0.25) is 5.95 Å². The van der Waals surface area contributed by atoms with Crippen LogP contribution in [0.5, 0.6) is 0 Å². The van der Waals surface area contributed by atoms with E-state index < -0.39 is 0 Å². The molecule has 4 fully saturated rings. The van der Waals surface area contributed by atoms with Crippen LogP contribution in [0.4, 0.5) is 0 Å². The average molecular weight is 758 g/mol. The molecule has 0 N–H and O–H groups in total. The number of hydrogen-bond acceptors (Lipinski definition) is 4. The number of hydrogen-bond donors (Lipinski definition) is 0. The second kappa shape index (κ2) is 12.3. The molecule has 0 atom stereocenters. The molecule has 2 heterocycles. The summed E-state index contributed by atoms with van der Waals surface area (Å²) in [5, 5.41) is 14.5. The van der Waals surface area contributed by atoms with Gasteiger partial charge in [-0.25, -0.2) is 4.98 Å². The summed E-state index contributed by atoms with van der Waals surface area (Å²) in [5.41, 5.74) is 13.0. The second-order valence-electron chi connectivity index (χ2n) is 17.6. The van der Waals surface area contributed by atoms with Crippen molar-refractivity contribution >= 4 is 32.6 Å². The standard InChI is InChI=1S/C54H39N5/c55-31-32-9-8-13-39(24-32)52-56-51(36-11-2-1-3-12-36)57-53(58-52)59-48-21-19-37(29-45(48)50-42-14-5-4-10-35(42)18-22-49(50)59)38-17-20-44-43-15-6-7-16-46(43)54(47(44)30-38)40-25-33-23-34(27-40)28-41(54)26-33/h1-22,24,29-30,33-34,40-41H,23,25-28H2. The predicted molar refractivity (Wildman–Crippen MR) is 236 cm³/mol. The van der Waals surface area contributed by atoms with Crippen LogP contribution in [0.1, 0.15) is 48.8 Å². The van der Waals surface area contributed by atoms with Crippen LogP contribution in [-0.2, 0) is 5.41 Å². The molecule has 9 aromatic rings. The Hall–Kier alpha value is -6.90. The first-order valence-electron chi connectivity index (χ1n) is 21.2. The largest absolute Gasteiger partial charge is 0.278 e. The molecular formula is C54H39N5. The molecule has 59 heavy (non-hydrogen) atoms. The predicted octanol–water partition coefficient (Wildman–Crippen LogP) is 12.7. The topological polar surface area (TPSA) is 67.4 Å². The molecule has 1 spiro atoms. The minimum atomic E-state index is 0.116. The molecule has 5 nitrogen and oxygen atoms in total. The third kappa shape index (κ3) is 4.69. The Bertz CT molecular complexity index is 3230. The summed E-state index contributed by atoms with van der Waals surface area (Å²) >= 11 is 0. The van der Waals surface area contributed by atoms with Gasteiger partial charge in [-0.3, -0.25) is 4.57 Å². The smallest absolute Gasteiger partial charge is 0.238 e. The summed E-state index contributed by atoms with van der Waals surface area (Å²) in [6, 6.07) is 56.7. The van der Waals surface area contributed by atoms with E-state index in [1.54, 1.807) is 11.1 Å². The molecule has 0 saturated heterocycles. The first kappa shape index (κ1) is 33.1. The molecule has 4 bridgehead atoms. The lowest BCUT2D eigenvalue weighted by atomic mass is 9.43. The molecule has 4 saturated carbocycles. The van der Waals surface area contributed by atoms with Crippen molar-refractivity contribution in [2.24, 2.45) is 23.7 Å². The lowest BCUT2D eigenvalue weighted by Gasteiger charge is -2.61. The van der Waals surface area contributed by atoms with Crippen molar-refractivity contribution in [3.63, 3.8) is 0 Å². The second-order valence-corrected chi connectivity index (χ2v) is 17.6. The Kier molecular flexibility index (Phi) is 6.90. The third-order valence-corrected chi connectivity index (χ3v) is 14.6. The van der Waals surface area contributed by atoms with Crippen molar-refractivity contribution in [1.29, 1.82) is 5.26 Å². The van der Waals surface area contributed by atoms with Gasteiger partial charge in [0.05, 0.1) is 22.7 Å².